The van der Waals surface area contributed by atoms with E-state index in [1.807, 2.05) is 4.58 Å². The minimum Gasteiger partial charge on any atom is -0.286 e. The normalized spacial score (nSPS) is 14.8. The maximum absolute atomic E-state index is 11.7. The van der Waals surface area contributed by atoms with E-state index in [1.165, 1.54) is 6.07 Å². The number of hydrogen-bond acceptors (Lipinski definition) is 6. The van der Waals surface area contributed by atoms with Crippen molar-refractivity contribution in [3.63, 3.8) is 0 Å². The van der Waals surface area contributed by atoms with E-state index in [-0.39, 0.29) is 22.9 Å². The zero-order chi connectivity index (χ0) is 21.6. The first-order valence-corrected chi connectivity index (χ1v) is 12.9. The van der Waals surface area contributed by atoms with E-state index in [0.29, 0.717) is 36.7 Å². The predicted octanol–water partition coefficient (Wildman–Crippen LogP) is 1.27. The minimum absolute atomic E-state index is 0.111. The molecule has 0 atom stereocenters. The first kappa shape index (κ1) is 21.8. The van der Waals surface area contributed by atoms with Gasteiger partial charge in [0.15, 0.2) is 0 Å². The molecule has 13 heteroatoms. The molecule has 3 N–H and O–H groups in total. The summed E-state index contributed by atoms with van der Waals surface area (Å²) < 4.78 is 97.6. The van der Waals surface area contributed by atoms with Crippen LogP contribution in [-0.2, 0) is 36.8 Å². The second-order valence-electron chi connectivity index (χ2n) is 6.60. The molecular weight excluding hydrogens is 446 g/mol. The second kappa shape index (κ2) is 7.41. The van der Waals surface area contributed by atoms with E-state index in [0.717, 1.165) is 6.07 Å². The lowest BCUT2D eigenvalue weighted by Gasteiger charge is -2.10. The Hall–Kier alpha value is -1.90. The van der Waals surface area contributed by atoms with Gasteiger partial charge >= 0.3 is 0 Å². The molecule has 1 aliphatic rings. The Labute approximate surface area is 167 Å². The fourth-order valence-corrected chi connectivity index (χ4v) is 5.26. The Morgan fingerprint density at radius 1 is 0.862 bits per heavy atom. The van der Waals surface area contributed by atoms with Crippen molar-refractivity contribution in [2.24, 2.45) is 0 Å². The van der Waals surface area contributed by atoms with Gasteiger partial charge in [0, 0.05) is 23.4 Å². The molecule has 0 radical (unpaired) electrons. The van der Waals surface area contributed by atoms with Gasteiger partial charge in [-0.2, -0.15) is 25.3 Å². The van der Waals surface area contributed by atoms with Gasteiger partial charge in [0.1, 0.15) is 17.7 Å². The van der Waals surface area contributed by atoms with Crippen LogP contribution in [0.15, 0.2) is 34.1 Å². The standard InChI is InChI=1S/C16H17NO9S3/c18-27(19,20)8-2-1-6-17-7-5-12-14-9-11(28(21,22)23)10-16(29(24,25)26)13(14)3-4-15(12)17/h3-4,7,9-10H,1-2,5-6,8H2,(H2-,18,19,20,21,22,23,24,25,26)/p+1. The Balaban J connectivity index is 2.04. The van der Waals surface area contributed by atoms with Gasteiger partial charge in [-0.3, -0.25) is 13.7 Å². The van der Waals surface area contributed by atoms with Crippen molar-refractivity contribution in [2.45, 2.75) is 29.1 Å². The monoisotopic (exact) mass is 464 g/mol. The number of rotatable bonds is 7. The summed E-state index contributed by atoms with van der Waals surface area (Å²) in [6.45, 7) is 0.428. The lowest BCUT2D eigenvalue weighted by atomic mass is 10.0. The first-order chi connectivity index (χ1) is 13.3. The number of hydrogen-bond donors (Lipinski definition) is 3. The van der Waals surface area contributed by atoms with E-state index < -0.39 is 40.1 Å². The lowest BCUT2D eigenvalue weighted by molar-refractivity contribution is -0.433. The van der Waals surface area contributed by atoms with E-state index >= 15 is 0 Å². The molecule has 1 heterocycles. The zero-order valence-corrected chi connectivity index (χ0v) is 17.3. The van der Waals surface area contributed by atoms with Crippen LogP contribution >= 0.6 is 0 Å². The molecule has 0 spiro atoms. The molecule has 3 rings (SSSR count). The van der Waals surface area contributed by atoms with Crippen molar-refractivity contribution in [3.05, 3.63) is 29.8 Å². The average molecular weight is 465 g/mol. The van der Waals surface area contributed by atoms with Gasteiger partial charge in [0.05, 0.1) is 17.1 Å². The van der Waals surface area contributed by atoms with E-state index in [4.69, 9.17) is 4.55 Å². The van der Waals surface area contributed by atoms with E-state index in [2.05, 4.69) is 0 Å². The molecule has 0 saturated heterocycles. The Morgan fingerprint density at radius 2 is 1.55 bits per heavy atom. The van der Waals surface area contributed by atoms with E-state index in [1.54, 1.807) is 12.3 Å². The van der Waals surface area contributed by atoms with Crippen molar-refractivity contribution in [1.29, 1.82) is 0 Å². The van der Waals surface area contributed by atoms with Gasteiger partial charge < -0.3 is 0 Å². The Bertz CT molecular complexity index is 1340. The van der Waals surface area contributed by atoms with Crippen molar-refractivity contribution < 1.29 is 43.5 Å². The lowest BCUT2D eigenvalue weighted by Crippen LogP contribution is -2.09. The first-order valence-electron chi connectivity index (χ1n) is 8.37. The third-order valence-corrected chi connectivity index (χ3v) is 7.14. The second-order valence-corrected chi connectivity index (χ2v) is 11.0. The highest BCUT2D eigenvalue weighted by Gasteiger charge is 2.28. The number of nitrogens with zero attached hydrogens (tertiary/aromatic N) is 1. The summed E-state index contributed by atoms with van der Waals surface area (Å²) in [4.78, 5) is -1.28. The maximum Gasteiger partial charge on any atom is 0.295 e. The largest absolute Gasteiger partial charge is 0.295 e. The fraction of sp³-hybridized carbons (Fsp3) is 0.312. The van der Waals surface area contributed by atoms with Crippen LogP contribution in [0.5, 0.6) is 0 Å². The molecule has 0 saturated carbocycles. The van der Waals surface area contributed by atoms with Crippen LogP contribution in [0.1, 0.15) is 18.4 Å². The summed E-state index contributed by atoms with van der Waals surface area (Å²) in [6, 6.07) is 4.89. The smallest absolute Gasteiger partial charge is 0.286 e. The number of unbranched alkanes of at least 4 members (excludes halogenated alkanes) is 1. The molecule has 158 valence electrons. The third-order valence-electron chi connectivity index (χ3n) is 4.61. The van der Waals surface area contributed by atoms with Crippen molar-refractivity contribution in [3.8, 4) is 0 Å². The molecule has 2 aromatic carbocycles. The molecular formula is C16H18NO9S3+. The Morgan fingerprint density at radius 3 is 2.14 bits per heavy atom. The topological polar surface area (TPSA) is 166 Å². The molecule has 29 heavy (non-hydrogen) atoms. The van der Waals surface area contributed by atoms with Crippen molar-refractivity contribution in [1.82, 2.24) is 0 Å². The van der Waals surface area contributed by atoms with Crippen molar-refractivity contribution in [2.75, 3.05) is 12.3 Å². The van der Waals surface area contributed by atoms with Crippen LogP contribution in [0, 0.1) is 0 Å². The fourth-order valence-electron chi connectivity index (χ4n) is 3.35. The van der Waals surface area contributed by atoms with Crippen LogP contribution in [0.4, 0.5) is 5.69 Å². The van der Waals surface area contributed by atoms with Gasteiger partial charge in [-0.25, -0.2) is 4.58 Å². The number of benzene rings is 2. The predicted molar refractivity (Wildman–Crippen MR) is 104 cm³/mol. The highest BCUT2D eigenvalue weighted by atomic mass is 32.2. The van der Waals surface area contributed by atoms with Gasteiger partial charge in [-0.05, 0) is 30.0 Å². The van der Waals surface area contributed by atoms with Crippen LogP contribution in [0.2, 0.25) is 0 Å². The van der Waals surface area contributed by atoms with Crippen LogP contribution in [0.25, 0.3) is 10.8 Å². The third kappa shape index (κ3) is 4.82. The zero-order valence-electron chi connectivity index (χ0n) is 14.9. The molecule has 0 fully saturated rings. The molecule has 0 aromatic heterocycles. The summed E-state index contributed by atoms with van der Waals surface area (Å²) >= 11 is 0. The van der Waals surface area contributed by atoms with Gasteiger partial charge in [0.2, 0.25) is 5.69 Å². The highest BCUT2D eigenvalue weighted by Crippen LogP contribution is 2.36. The molecule has 2 aromatic rings. The quantitative estimate of drug-likeness (QED) is 0.311. The summed E-state index contributed by atoms with van der Waals surface area (Å²) in [5, 5.41) is 0.363. The average Bonchev–Trinajstić information content (AvgIpc) is 2.98. The van der Waals surface area contributed by atoms with Gasteiger partial charge in [-0.1, -0.05) is 0 Å². The van der Waals surface area contributed by atoms with Crippen LogP contribution in [-0.4, -0.2) is 62.0 Å². The summed E-state index contributed by atoms with van der Waals surface area (Å²) in [5.41, 5.74) is 1.27. The van der Waals surface area contributed by atoms with Gasteiger partial charge in [0.25, 0.3) is 30.4 Å². The molecule has 0 unspecified atom stereocenters. The number of fused-ring (bicyclic) bond motifs is 3. The molecule has 10 nitrogen and oxygen atoms in total. The maximum atomic E-state index is 11.7. The summed E-state index contributed by atoms with van der Waals surface area (Å²) in [5.74, 6) is -0.360. The van der Waals surface area contributed by atoms with Crippen LogP contribution in [0.3, 0.4) is 0 Å². The van der Waals surface area contributed by atoms with E-state index in [9.17, 15) is 34.4 Å². The summed E-state index contributed by atoms with van der Waals surface area (Å²) in [7, 11) is -13.5. The molecule has 0 bridgehead atoms. The highest BCUT2D eigenvalue weighted by molar-refractivity contribution is 7.87. The molecule has 1 aliphatic heterocycles. The summed E-state index contributed by atoms with van der Waals surface area (Å²) in [6.07, 6.45) is 2.82. The molecule has 0 amide bonds. The van der Waals surface area contributed by atoms with Crippen LogP contribution < -0.4 is 0 Å². The molecule has 0 aliphatic carbocycles. The Kier molecular flexibility index (Phi) is 5.57. The van der Waals surface area contributed by atoms with Crippen molar-refractivity contribution >= 4 is 53.0 Å². The SMILES string of the molecule is O=S(=O)(O)CCCC[N+]1=CCc2c1ccc1c(S(=O)(=O)O)cc(S(=O)(=O)O)cc21. The minimum atomic E-state index is -4.75. The van der Waals surface area contributed by atoms with Gasteiger partial charge in [-0.15, -0.1) is 0 Å².